The molecular formula is C30H35N3O4. The van der Waals surface area contributed by atoms with Gasteiger partial charge in [-0.1, -0.05) is 60.7 Å². The molecule has 0 aliphatic carbocycles. The van der Waals surface area contributed by atoms with Crippen LogP contribution >= 0.6 is 0 Å². The van der Waals surface area contributed by atoms with Crippen molar-refractivity contribution in [1.29, 1.82) is 0 Å². The standard InChI is InChI=1S/C30H35N3O4/c1-20(2)36-17-9-16-33-29(22-12-8-13-23(18-22)37-19-21-10-4-3-5-11-21)26-27(31-32-28(26)30(33)35)24-14-6-7-15-25(24)34/h3-8,10-15,18,20,26-29,31-32,34H,9,16-17,19H2,1-2H3. The molecule has 2 saturated heterocycles. The topological polar surface area (TPSA) is 83.1 Å². The van der Waals surface area contributed by atoms with Crippen LogP contribution in [0.15, 0.2) is 78.9 Å². The van der Waals surface area contributed by atoms with E-state index in [9.17, 15) is 9.90 Å². The number of rotatable bonds is 10. The van der Waals surface area contributed by atoms with Crippen molar-refractivity contribution in [3.8, 4) is 11.5 Å². The number of aromatic hydroxyl groups is 1. The van der Waals surface area contributed by atoms with Crippen molar-refractivity contribution in [3.63, 3.8) is 0 Å². The van der Waals surface area contributed by atoms with Crippen LogP contribution in [-0.4, -0.2) is 41.2 Å². The number of fused-ring (bicyclic) bond motifs is 1. The van der Waals surface area contributed by atoms with Crippen molar-refractivity contribution in [1.82, 2.24) is 15.8 Å². The second-order valence-corrected chi connectivity index (χ2v) is 9.98. The number of amides is 1. The minimum atomic E-state index is -0.394. The van der Waals surface area contributed by atoms with Gasteiger partial charge in [0.15, 0.2) is 0 Å². The van der Waals surface area contributed by atoms with Gasteiger partial charge in [-0.2, -0.15) is 0 Å². The van der Waals surface area contributed by atoms with Gasteiger partial charge in [-0.3, -0.25) is 4.79 Å². The molecule has 37 heavy (non-hydrogen) atoms. The van der Waals surface area contributed by atoms with Crippen molar-refractivity contribution >= 4 is 5.91 Å². The average molecular weight is 502 g/mol. The summed E-state index contributed by atoms with van der Waals surface area (Å²) in [6.07, 6.45) is 0.901. The smallest absolute Gasteiger partial charge is 0.242 e. The van der Waals surface area contributed by atoms with Crippen LogP contribution in [0.5, 0.6) is 11.5 Å². The summed E-state index contributed by atoms with van der Waals surface area (Å²) in [5.41, 5.74) is 9.42. The van der Waals surface area contributed by atoms with Gasteiger partial charge in [0.1, 0.15) is 24.1 Å². The van der Waals surface area contributed by atoms with Crippen molar-refractivity contribution in [2.24, 2.45) is 5.92 Å². The monoisotopic (exact) mass is 501 g/mol. The van der Waals surface area contributed by atoms with E-state index < -0.39 is 6.04 Å². The minimum Gasteiger partial charge on any atom is -0.508 e. The Hall–Kier alpha value is -3.39. The van der Waals surface area contributed by atoms with E-state index in [4.69, 9.17) is 9.47 Å². The molecule has 4 atom stereocenters. The third kappa shape index (κ3) is 5.49. The van der Waals surface area contributed by atoms with E-state index in [-0.39, 0.29) is 35.8 Å². The van der Waals surface area contributed by atoms with E-state index in [2.05, 4.69) is 16.9 Å². The van der Waals surface area contributed by atoms with Crippen LogP contribution in [0.4, 0.5) is 0 Å². The van der Waals surface area contributed by atoms with Gasteiger partial charge in [0, 0.05) is 24.6 Å². The Labute approximate surface area is 218 Å². The summed E-state index contributed by atoms with van der Waals surface area (Å²) in [5.74, 6) is 0.924. The molecular weight excluding hydrogens is 466 g/mol. The van der Waals surface area contributed by atoms with Crippen molar-refractivity contribution in [3.05, 3.63) is 95.6 Å². The number of phenolic OH excluding ortho intramolecular Hbond substituents is 1. The third-order valence-electron chi connectivity index (χ3n) is 7.13. The maximum Gasteiger partial charge on any atom is 0.242 e. The summed E-state index contributed by atoms with van der Waals surface area (Å²) in [7, 11) is 0. The van der Waals surface area contributed by atoms with Crippen molar-refractivity contribution in [2.45, 2.75) is 51.1 Å². The maximum absolute atomic E-state index is 13.6. The zero-order valence-corrected chi connectivity index (χ0v) is 21.3. The number of benzene rings is 3. The van der Waals surface area contributed by atoms with Gasteiger partial charge < -0.3 is 19.5 Å². The predicted molar refractivity (Wildman–Crippen MR) is 142 cm³/mol. The van der Waals surface area contributed by atoms with Gasteiger partial charge in [0.2, 0.25) is 5.91 Å². The number of para-hydroxylation sites is 1. The zero-order chi connectivity index (χ0) is 25.8. The second kappa shape index (κ2) is 11.3. The minimum absolute atomic E-state index is 0.0561. The maximum atomic E-state index is 13.6. The van der Waals surface area contributed by atoms with Crippen LogP contribution in [0.2, 0.25) is 0 Å². The molecule has 3 N–H and O–H groups in total. The second-order valence-electron chi connectivity index (χ2n) is 9.98. The molecule has 4 unspecified atom stereocenters. The van der Waals surface area contributed by atoms with E-state index >= 15 is 0 Å². The molecule has 0 bridgehead atoms. The summed E-state index contributed by atoms with van der Waals surface area (Å²) in [6.45, 7) is 5.69. The largest absolute Gasteiger partial charge is 0.508 e. The summed E-state index contributed by atoms with van der Waals surface area (Å²) in [4.78, 5) is 15.6. The molecule has 3 aromatic carbocycles. The molecule has 2 heterocycles. The number of likely N-dealkylation sites (tertiary alicyclic amines) is 1. The Kier molecular flexibility index (Phi) is 7.74. The van der Waals surface area contributed by atoms with Crippen LogP contribution in [0, 0.1) is 5.92 Å². The number of carbonyl (C=O) groups is 1. The highest BCUT2D eigenvalue weighted by Crippen LogP contribution is 2.48. The lowest BCUT2D eigenvalue weighted by Crippen LogP contribution is -2.41. The molecule has 0 aromatic heterocycles. The first-order valence-electron chi connectivity index (χ1n) is 13.0. The lowest BCUT2D eigenvalue weighted by atomic mass is 9.83. The molecule has 0 spiro atoms. The lowest BCUT2D eigenvalue weighted by Gasteiger charge is -2.31. The van der Waals surface area contributed by atoms with Crippen LogP contribution in [0.1, 0.15) is 49.0 Å². The average Bonchev–Trinajstić information content (AvgIpc) is 3.45. The molecule has 2 aliphatic rings. The number of carbonyl (C=O) groups excluding carboxylic acids is 1. The first-order chi connectivity index (χ1) is 18.0. The fraction of sp³-hybridized carbons (Fsp3) is 0.367. The predicted octanol–water partition coefficient (Wildman–Crippen LogP) is 4.50. The van der Waals surface area contributed by atoms with Gasteiger partial charge >= 0.3 is 0 Å². The van der Waals surface area contributed by atoms with Gasteiger partial charge in [-0.25, -0.2) is 10.9 Å². The molecule has 3 aromatic rings. The Morgan fingerprint density at radius 3 is 2.49 bits per heavy atom. The van der Waals surface area contributed by atoms with Gasteiger partial charge in [-0.05, 0) is 49.6 Å². The fourth-order valence-corrected chi connectivity index (χ4v) is 5.45. The van der Waals surface area contributed by atoms with E-state index in [0.29, 0.717) is 19.8 Å². The van der Waals surface area contributed by atoms with Gasteiger partial charge in [0.05, 0.1) is 18.2 Å². The van der Waals surface area contributed by atoms with Gasteiger partial charge in [0.25, 0.3) is 0 Å². The highest BCUT2D eigenvalue weighted by molar-refractivity contribution is 5.86. The summed E-state index contributed by atoms with van der Waals surface area (Å²) in [6, 6.07) is 24.6. The van der Waals surface area contributed by atoms with Crippen LogP contribution in [-0.2, 0) is 16.1 Å². The van der Waals surface area contributed by atoms with Crippen LogP contribution < -0.4 is 15.6 Å². The first-order valence-corrected chi connectivity index (χ1v) is 13.0. The quantitative estimate of drug-likeness (QED) is 0.355. The normalized spacial score (nSPS) is 23.0. The summed E-state index contributed by atoms with van der Waals surface area (Å²) < 4.78 is 11.9. The number of nitrogens with one attached hydrogen (secondary N) is 2. The third-order valence-corrected chi connectivity index (χ3v) is 7.13. The summed E-state index contributed by atoms with van der Waals surface area (Å²) in [5, 5.41) is 10.6. The lowest BCUT2D eigenvalue weighted by molar-refractivity contribution is -0.131. The fourth-order valence-electron chi connectivity index (χ4n) is 5.45. The van der Waals surface area contributed by atoms with E-state index in [1.165, 1.54) is 0 Å². The Bertz CT molecular complexity index is 1200. The Balaban J connectivity index is 1.44. The number of nitrogens with zero attached hydrogens (tertiary/aromatic N) is 1. The molecule has 0 radical (unpaired) electrons. The number of ether oxygens (including phenoxy) is 2. The zero-order valence-electron chi connectivity index (χ0n) is 21.3. The molecule has 1 amide bonds. The Morgan fingerprint density at radius 2 is 1.70 bits per heavy atom. The first kappa shape index (κ1) is 25.3. The molecule has 2 fully saturated rings. The number of hydrazine groups is 1. The Morgan fingerprint density at radius 1 is 0.946 bits per heavy atom. The highest BCUT2D eigenvalue weighted by Gasteiger charge is 2.55. The number of phenols is 1. The van der Waals surface area contributed by atoms with E-state index in [1.807, 2.05) is 85.5 Å². The SMILES string of the molecule is CC(C)OCCCN1C(=O)C2NNC(c3ccccc3O)C2C1c1cccc(OCc2ccccc2)c1. The van der Waals surface area contributed by atoms with Crippen LogP contribution in [0.25, 0.3) is 0 Å². The van der Waals surface area contributed by atoms with Gasteiger partial charge in [-0.15, -0.1) is 0 Å². The van der Waals surface area contributed by atoms with Crippen molar-refractivity contribution < 1.29 is 19.4 Å². The molecule has 7 nitrogen and oxygen atoms in total. The molecule has 194 valence electrons. The molecule has 0 saturated carbocycles. The van der Waals surface area contributed by atoms with Crippen LogP contribution in [0.3, 0.4) is 0 Å². The van der Waals surface area contributed by atoms with Crippen molar-refractivity contribution in [2.75, 3.05) is 13.2 Å². The van der Waals surface area contributed by atoms with E-state index in [0.717, 1.165) is 28.9 Å². The summed E-state index contributed by atoms with van der Waals surface area (Å²) >= 11 is 0. The molecule has 5 rings (SSSR count). The molecule has 7 heteroatoms. The highest BCUT2D eigenvalue weighted by atomic mass is 16.5. The number of hydrogen-bond donors (Lipinski definition) is 3. The van der Waals surface area contributed by atoms with E-state index in [1.54, 1.807) is 6.07 Å². The number of hydrogen-bond acceptors (Lipinski definition) is 6. The molecule has 2 aliphatic heterocycles.